The zero-order chi connectivity index (χ0) is 18.6. The lowest BCUT2D eigenvalue weighted by molar-refractivity contribution is -0.129. The van der Waals surface area contributed by atoms with Crippen LogP contribution in [0.25, 0.3) is 0 Å². The van der Waals surface area contributed by atoms with Crippen molar-refractivity contribution >= 4 is 24.0 Å². The molecule has 1 aromatic carbocycles. The van der Waals surface area contributed by atoms with Crippen molar-refractivity contribution in [3.05, 3.63) is 52.5 Å². The third kappa shape index (κ3) is 6.57. The molecule has 1 aromatic heterocycles. The molecule has 2 aromatic rings. The molecule has 0 radical (unpaired) electrons. The fourth-order valence-corrected chi connectivity index (χ4v) is 3.30. The maximum absolute atomic E-state index is 11.5. The number of nitrogens with one attached hydrogen (secondary N) is 1. The quantitative estimate of drug-likeness (QED) is 0.616. The second kappa shape index (κ2) is 11.4. The van der Waals surface area contributed by atoms with Crippen molar-refractivity contribution in [2.24, 2.45) is 0 Å². The predicted octanol–water partition coefficient (Wildman–Crippen LogP) is 3.15. The third-order valence-corrected chi connectivity index (χ3v) is 4.66. The normalized spacial score (nSPS) is 16.1. The zero-order valence-electron chi connectivity index (χ0n) is 14.8. The van der Waals surface area contributed by atoms with Crippen molar-refractivity contribution in [1.29, 1.82) is 0 Å². The van der Waals surface area contributed by atoms with Gasteiger partial charge in [0.25, 0.3) is 6.47 Å². The number of hydrogen-bond donors (Lipinski definition) is 1. The summed E-state index contributed by atoms with van der Waals surface area (Å²) in [5.41, 5.74) is 2.04. The maximum Gasteiger partial charge on any atom is 0.349 e. The number of benzene rings is 1. The fourth-order valence-electron chi connectivity index (χ4n) is 2.59. The first kappa shape index (κ1) is 20.1. The molecule has 1 N–H and O–H groups in total. The molecule has 1 atom stereocenters. The van der Waals surface area contributed by atoms with Crippen molar-refractivity contribution in [1.82, 2.24) is 9.69 Å². The lowest BCUT2D eigenvalue weighted by Gasteiger charge is -2.20. The van der Waals surface area contributed by atoms with E-state index in [1.54, 1.807) is 0 Å². The van der Waals surface area contributed by atoms with Crippen LogP contribution in [0, 0.1) is 0 Å². The van der Waals surface area contributed by atoms with Crippen LogP contribution in [0.15, 0.2) is 36.4 Å². The van der Waals surface area contributed by atoms with Crippen LogP contribution < -0.4 is 5.32 Å². The lowest BCUT2D eigenvalue weighted by Crippen LogP contribution is -2.28. The van der Waals surface area contributed by atoms with Gasteiger partial charge in [0.15, 0.2) is 0 Å². The number of piperidine rings is 1. The second-order valence-corrected chi connectivity index (χ2v) is 6.58. The van der Waals surface area contributed by atoms with Gasteiger partial charge in [0.05, 0.1) is 12.3 Å². The number of aromatic nitrogens is 1. The summed E-state index contributed by atoms with van der Waals surface area (Å²) >= 11 is 1.24. The first-order valence-corrected chi connectivity index (χ1v) is 9.45. The number of carbonyl (C=O) groups excluding carboxylic acids is 2. The standard InChI is InChI=1S/C11H16N2O2S.C8H8O2/c1-2-15-11(14)10-6-9(13-16-10)8-4-3-5-12-7-8;9-7-10-6-8-4-2-1-3-5-8/h6,8,12H,2-5,7H2,1H3;1-5,7H,6H2. The van der Waals surface area contributed by atoms with E-state index in [0.717, 1.165) is 30.8 Å². The number of esters is 1. The van der Waals surface area contributed by atoms with Crippen molar-refractivity contribution in [2.45, 2.75) is 32.3 Å². The second-order valence-electron chi connectivity index (χ2n) is 5.77. The summed E-state index contributed by atoms with van der Waals surface area (Å²) in [6.45, 7) is 5.09. The zero-order valence-corrected chi connectivity index (χ0v) is 15.7. The van der Waals surface area contributed by atoms with E-state index < -0.39 is 0 Å². The number of ether oxygens (including phenoxy) is 2. The van der Waals surface area contributed by atoms with Crippen LogP contribution in [-0.4, -0.2) is 36.5 Å². The molecular weight excluding hydrogens is 352 g/mol. The topological polar surface area (TPSA) is 77.5 Å². The highest BCUT2D eigenvalue weighted by Gasteiger charge is 2.20. The summed E-state index contributed by atoms with van der Waals surface area (Å²) in [5.74, 6) is 0.197. The smallest absolute Gasteiger partial charge is 0.349 e. The summed E-state index contributed by atoms with van der Waals surface area (Å²) in [6.07, 6.45) is 2.33. The van der Waals surface area contributed by atoms with Crippen LogP contribution in [0.1, 0.15) is 46.6 Å². The van der Waals surface area contributed by atoms with Gasteiger partial charge in [-0.1, -0.05) is 30.3 Å². The number of nitrogens with zero attached hydrogens (tertiary/aromatic N) is 1. The van der Waals surface area contributed by atoms with E-state index >= 15 is 0 Å². The Morgan fingerprint density at radius 2 is 2.19 bits per heavy atom. The van der Waals surface area contributed by atoms with E-state index in [-0.39, 0.29) is 5.97 Å². The Morgan fingerprint density at radius 3 is 2.85 bits per heavy atom. The molecule has 0 bridgehead atoms. The van der Waals surface area contributed by atoms with Gasteiger partial charge < -0.3 is 14.8 Å². The Labute approximate surface area is 157 Å². The van der Waals surface area contributed by atoms with Gasteiger partial charge in [0, 0.05) is 12.5 Å². The van der Waals surface area contributed by atoms with Crippen LogP contribution in [-0.2, 0) is 20.9 Å². The van der Waals surface area contributed by atoms with Gasteiger partial charge in [0.1, 0.15) is 11.5 Å². The molecule has 1 aliphatic heterocycles. The first-order valence-electron chi connectivity index (χ1n) is 8.68. The summed E-state index contributed by atoms with van der Waals surface area (Å²) < 4.78 is 13.8. The lowest BCUT2D eigenvalue weighted by atomic mass is 9.96. The Hall–Kier alpha value is -2.25. The van der Waals surface area contributed by atoms with Gasteiger partial charge in [-0.05, 0) is 49.5 Å². The molecule has 2 heterocycles. The molecule has 140 valence electrons. The van der Waals surface area contributed by atoms with Crippen molar-refractivity contribution in [2.75, 3.05) is 19.7 Å². The van der Waals surface area contributed by atoms with Crippen LogP contribution in [0.2, 0.25) is 0 Å². The highest BCUT2D eigenvalue weighted by molar-refractivity contribution is 7.08. The van der Waals surface area contributed by atoms with Crippen LogP contribution in [0.5, 0.6) is 0 Å². The molecule has 3 rings (SSSR count). The van der Waals surface area contributed by atoms with Crippen LogP contribution >= 0.6 is 11.5 Å². The van der Waals surface area contributed by atoms with E-state index in [2.05, 4.69) is 14.4 Å². The van der Waals surface area contributed by atoms with Gasteiger partial charge in [-0.15, -0.1) is 0 Å². The average molecular weight is 376 g/mol. The predicted molar refractivity (Wildman–Crippen MR) is 100 cm³/mol. The fraction of sp³-hybridized carbons (Fsp3) is 0.421. The van der Waals surface area contributed by atoms with Crippen molar-refractivity contribution < 1.29 is 19.1 Å². The van der Waals surface area contributed by atoms with Gasteiger partial charge in [-0.25, -0.2) is 4.79 Å². The minimum atomic E-state index is -0.255. The van der Waals surface area contributed by atoms with Gasteiger partial charge in [0.2, 0.25) is 0 Å². The van der Waals surface area contributed by atoms with E-state index in [4.69, 9.17) is 4.74 Å². The highest BCUT2D eigenvalue weighted by Crippen LogP contribution is 2.25. The van der Waals surface area contributed by atoms with Crippen molar-refractivity contribution in [3.8, 4) is 0 Å². The molecule has 0 spiro atoms. The summed E-state index contributed by atoms with van der Waals surface area (Å²) in [6, 6.07) is 11.4. The minimum Gasteiger partial charge on any atom is -0.463 e. The Balaban J connectivity index is 0.000000209. The third-order valence-electron chi connectivity index (χ3n) is 3.88. The molecule has 1 aliphatic rings. The van der Waals surface area contributed by atoms with Crippen molar-refractivity contribution in [3.63, 3.8) is 0 Å². The number of rotatable bonds is 6. The SMILES string of the molecule is CCOC(=O)c1cc(C2CCCNC2)ns1.O=COCc1ccccc1. The Bertz CT molecular complexity index is 669. The van der Waals surface area contributed by atoms with Crippen LogP contribution in [0.4, 0.5) is 0 Å². The molecule has 0 amide bonds. The summed E-state index contributed by atoms with van der Waals surface area (Å²) in [7, 11) is 0. The van der Waals surface area contributed by atoms with E-state index in [1.165, 1.54) is 18.0 Å². The Kier molecular flexibility index (Phi) is 8.78. The van der Waals surface area contributed by atoms with E-state index in [1.807, 2.05) is 43.3 Å². The molecule has 1 fully saturated rings. The highest BCUT2D eigenvalue weighted by atomic mass is 32.1. The summed E-state index contributed by atoms with van der Waals surface area (Å²) in [5, 5.41) is 3.35. The number of carbonyl (C=O) groups is 2. The van der Waals surface area contributed by atoms with E-state index in [0.29, 0.717) is 30.5 Å². The molecule has 6 nitrogen and oxygen atoms in total. The molecule has 0 aliphatic carbocycles. The van der Waals surface area contributed by atoms with Gasteiger partial charge in [-0.3, -0.25) is 4.79 Å². The molecular formula is C19H24N2O4S. The average Bonchev–Trinajstić information content (AvgIpc) is 3.19. The molecule has 1 unspecified atom stereocenters. The largest absolute Gasteiger partial charge is 0.463 e. The molecule has 0 saturated carbocycles. The Morgan fingerprint density at radius 1 is 1.38 bits per heavy atom. The summed E-state index contributed by atoms with van der Waals surface area (Å²) in [4.78, 5) is 21.8. The molecule has 26 heavy (non-hydrogen) atoms. The maximum atomic E-state index is 11.5. The minimum absolute atomic E-state index is 0.255. The number of hydrogen-bond acceptors (Lipinski definition) is 7. The monoisotopic (exact) mass is 376 g/mol. The van der Waals surface area contributed by atoms with Crippen LogP contribution in [0.3, 0.4) is 0 Å². The van der Waals surface area contributed by atoms with Gasteiger partial charge >= 0.3 is 5.97 Å². The van der Waals surface area contributed by atoms with E-state index in [9.17, 15) is 9.59 Å². The molecule has 7 heteroatoms. The molecule has 1 saturated heterocycles. The first-order chi connectivity index (χ1) is 12.7. The van der Waals surface area contributed by atoms with Gasteiger partial charge in [-0.2, -0.15) is 4.37 Å².